The lowest BCUT2D eigenvalue weighted by Gasteiger charge is -2.35. The maximum Gasteiger partial charge on any atom is 0.226 e. The Morgan fingerprint density at radius 1 is 1.32 bits per heavy atom. The summed E-state index contributed by atoms with van der Waals surface area (Å²) >= 11 is 1.63. The van der Waals surface area contributed by atoms with Crippen molar-refractivity contribution >= 4 is 23.2 Å². The van der Waals surface area contributed by atoms with E-state index in [4.69, 9.17) is 0 Å². The molecule has 1 aliphatic rings. The molecule has 2 atom stereocenters. The van der Waals surface area contributed by atoms with E-state index in [2.05, 4.69) is 6.92 Å². The molecule has 0 bridgehead atoms. The van der Waals surface area contributed by atoms with Crippen LogP contribution in [0.1, 0.15) is 50.3 Å². The van der Waals surface area contributed by atoms with E-state index in [1.54, 1.807) is 11.3 Å². The second-order valence-corrected chi connectivity index (χ2v) is 7.04. The number of hydrogen-bond donors (Lipinski definition) is 0. The van der Waals surface area contributed by atoms with E-state index in [1.165, 1.54) is 0 Å². The van der Waals surface area contributed by atoms with Gasteiger partial charge in [-0.25, -0.2) is 0 Å². The maximum atomic E-state index is 12.9. The molecule has 1 heterocycles. The van der Waals surface area contributed by atoms with Crippen molar-refractivity contribution in [2.75, 3.05) is 6.54 Å². The van der Waals surface area contributed by atoms with Crippen LogP contribution in [0.25, 0.3) is 0 Å². The number of carboxylic acid groups (broad SMARTS) is 1. The van der Waals surface area contributed by atoms with Crippen LogP contribution in [-0.4, -0.2) is 23.3 Å². The first-order chi connectivity index (χ1) is 10.6. The van der Waals surface area contributed by atoms with Gasteiger partial charge in [0.1, 0.15) is 0 Å². The van der Waals surface area contributed by atoms with Gasteiger partial charge >= 0.3 is 0 Å². The molecule has 0 saturated heterocycles. The number of amides is 1. The monoisotopic (exact) mass is 322 g/mol. The molecule has 22 heavy (non-hydrogen) atoms. The summed E-state index contributed by atoms with van der Waals surface area (Å²) in [6.45, 7) is 3.38. The van der Waals surface area contributed by atoms with Gasteiger partial charge in [0.05, 0.1) is 6.54 Å². The van der Waals surface area contributed by atoms with E-state index < -0.39 is 17.8 Å². The fraction of sp³-hybridized carbons (Fsp3) is 0.647. The van der Waals surface area contributed by atoms with Crippen molar-refractivity contribution in [1.82, 2.24) is 4.90 Å². The van der Waals surface area contributed by atoms with E-state index in [-0.39, 0.29) is 5.91 Å². The van der Waals surface area contributed by atoms with Gasteiger partial charge in [0.15, 0.2) is 0 Å². The van der Waals surface area contributed by atoms with Crippen LogP contribution in [0, 0.1) is 11.8 Å². The topological polar surface area (TPSA) is 60.4 Å². The largest absolute Gasteiger partial charge is 0.550 e. The highest BCUT2D eigenvalue weighted by molar-refractivity contribution is 7.09. The van der Waals surface area contributed by atoms with Gasteiger partial charge in [-0.3, -0.25) is 4.79 Å². The first kappa shape index (κ1) is 17.0. The highest BCUT2D eigenvalue weighted by Gasteiger charge is 2.34. The standard InChI is InChI=1S/C17H25NO3S/c1-2-3-10-18(12-13-7-6-11-22-13)16(19)14-8-4-5-9-15(14)17(20)21/h6-7,11,14-15H,2-5,8-10,12H2,1H3,(H,20,21)/p-1/t14-,15+/m1/s1. The molecule has 0 aliphatic heterocycles. The Labute approximate surface area is 136 Å². The van der Waals surface area contributed by atoms with Gasteiger partial charge in [-0.1, -0.05) is 32.3 Å². The predicted molar refractivity (Wildman–Crippen MR) is 85.1 cm³/mol. The number of carboxylic acids is 1. The summed E-state index contributed by atoms with van der Waals surface area (Å²) < 4.78 is 0. The molecule has 4 nitrogen and oxygen atoms in total. The van der Waals surface area contributed by atoms with Gasteiger partial charge in [-0.05, 0) is 30.7 Å². The summed E-state index contributed by atoms with van der Waals surface area (Å²) in [5, 5.41) is 13.3. The van der Waals surface area contributed by atoms with Crippen molar-refractivity contribution in [2.45, 2.75) is 52.0 Å². The average Bonchev–Trinajstić information content (AvgIpc) is 3.03. The van der Waals surface area contributed by atoms with Crippen LogP contribution in [0.5, 0.6) is 0 Å². The fourth-order valence-electron chi connectivity index (χ4n) is 3.15. The number of unbranched alkanes of at least 4 members (excludes halogenated alkanes) is 1. The molecule has 1 amide bonds. The summed E-state index contributed by atoms with van der Waals surface area (Å²) in [6, 6.07) is 4.00. The van der Waals surface area contributed by atoms with Gasteiger partial charge in [0, 0.05) is 29.2 Å². The van der Waals surface area contributed by atoms with E-state index in [0.29, 0.717) is 25.9 Å². The first-order valence-corrected chi connectivity index (χ1v) is 9.03. The Hall–Kier alpha value is -1.36. The third-order valence-corrected chi connectivity index (χ3v) is 5.27. The molecule has 5 heteroatoms. The van der Waals surface area contributed by atoms with E-state index in [1.807, 2.05) is 22.4 Å². The van der Waals surface area contributed by atoms with E-state index in [9.17, 15) is 14.7 Å². The van der Waals surface area contributed by atoms with Crippen LogP contribution in [-0.2, 0) is 16.1 Å². The maximum absolute atomic E-state index is 12.9. The number of rotatable bonds is 7. The van der Waals surface area contributed by atoms with Gasteiger partial charge in [-0.2, -0.15) is 0 Å². The Morgan fingerprint density at radius 3 is 2.64 bits per heavy atom. The summed E-state index contributed by atoms with van der Waals surface area (Å²) in [5.74, 6) is -2.09. The van der Waals surface area contributed by atoms with E-state index in [0.717, 1.165) is 30.6 Å². The molecule has 122 valence electrons. The number of carbonyl (C=O) groups is 2. The fourth-order valence-corrected chi connectivity index (χ4v) is 3.87. The van der Waals surface area contributed by atoms with Crippen LogP contribution in [0.4, 0.5) is 0 Å². The molecule has 1 aromatic rings. The minimum absolute atomic E-state index is 0.00394. The lowest BCUT2D eigenvalue weighted by atomic mass is 9.78. The number of aliphatic carboxylic acids is 1. The van der Waals surface area contributed by atoms with Crippen molar-refractivity contribution in [3.63, 3.8) is 0 Å². The molecule has 0 N–H and O–H groups in total. The normalized spacial score (nSPS) is 21.5. The molecular weight excluding hydrogens is 298 g/mol. The lowest BCUT2D eigenvalue weighted by molar-refractivity contribution is -0.314. The minimum atomic E-state index is -1.07. The zero-order valence-electron chi connectivity index (χ0n) is 13.1. The number of nitrogens with zero attached hydrogens (tertiary/aromatic N) is 1. The van der Waals surface area contributed by atoms with Crippen molar-refractivity contribution in [3.8, 4) is 0 Å². The molecule has 1 aliphatic carbocycles. The molecule has 0 aromatic carbocycles. The van der Waals surface area contributed by atoms with Gasteiger partial charge in [0.25, 0.3) is 0 Å². The molecule has 1 fully saturated rings. The molecule has 1 saturated carbocycles. The summed E-state index contributed by atoms with van der Waals surface area (Å²) in [6.07, 6.45) is 5.01. The molecular formula is C17H24NO3S-. The molecule has 0 unspecified atom stereocenters. The minimum Gasteiger partial charge on any atom is -0.550 e. The van der Waals surface area contributed by atoms with Gasteiger partial charge in [-0.15, -0.1) is 11.3 Å². The Balaban J connectivity index is 2.10. The third kappa shape index (κ3) is 4.32. The summed E-state index contributed by atoms with van der Waals surface area (Å²) in [4.78, 5) is 27.2. The lowest BCUT2D eigenvalue weighted by Crippen LogP contribution is -2.46. The average molecular weight is 322 g/mol. The predicted octanol–water partition coefficient (Wildman–Crippen LogP) is 2.43. The molecule has 1 aromatic heterocycles. The molecule has 0 spiro atoms. The zero-order valence-corrected chi connectivity index (χ0v) is 13.9. The zero-order chi connectivity index (χ0) is 15.9. The number of hydrogen-bond acceptors (Lipinski definition) is 4. The van der Waals surface area contributed by atoms with Crippen LogP contribution in [0.3, 0.4) is 0 Å². The smallest absolute Gasteiger partial charge is 0.226 e. The van der Waals surface area contributed by atoms with Crippen LogP contribution < -0.4 is 5.11 Å². The number of carbonyl (C=O) groups excluding carboxylic acids is 2. The molecule has 0 radical (unpaired) electrons. The van der Waals surface area contributed by atoms with Crippen molar-refractivity contribution in [3.05, 3.63) is 22.4 Å². The van der Waals surface area contributed by atoms with Crippen LogP contribution in [0.15, 0.2) is 17.5 Å². The van der Waals surface area contributed by atoms with E-state index >= 15 is 0 Å². The third-order valence-electron chi connectivity index (χ3n) is 4.41. The van der Waals surface area contributed by atoms with Crippen molar-refractivity contribution in [1.29, 1.82) is 0 Å². The van der Waals surface area contributed by atoms with Gasteiger partial charge in [0.2, 0.25) is 5.91 Å². The Bertz CT molecular complexity index is 486. The van der Waals surface area contributed by atoms with Crippen LogP contribution in [0.2, 0.25) is 0 Å². The second kappa shape index (κ2) is 8.32. The summed E-state index contributed by atoms with van der Waals surface area (Å²) in [5.41, 5.74) is 0. The Kier molecular flexibility index (Phi) is 6.43. The quantitative estimate of drug-likeness (QED) is 0.774. The van der Waals surface area contributed by atoms with Crippen molar-refractivity contribution in [2.24, 2.45) is 11.8 Å². The highest BCUT2D eigenvalue weighted by atomic mass is 32.1. The number of thiophene rings is 1. The van der Waals surface area contributed by atoms with Crippen molar-refractivity contribution < 1.29 is 14.7 Å². The SMILES string of the molecule is CCCCN(Cc1cccs1)C(=O)[C@@H]1CCCC[C@@H]1C(=O)[O-]. The highest BCUT2D eigenvalue weighted by Crippen LogP contribution is 2.32. The molecule has 2 rings (SSSR count). The Morgan fingerprint density at radius 2 is 2.05 bits per heavy atom. The van der Waals surface area contributed by atoms with Gasteiger partial charge < -0.3 is 14.8 Å². The van der Waals surface area contributed by atoms with Crippen LogP contribution >= 0.6 is 11.3 Å². The summed E-state index contributed by atoms with van der Waals surface area (Å²) in [7, 11) is 0. The second-order valence-electron chi connectivity index (χ2n) is 6.01. The first-order valence-electron chi connectivity index (χ1n) is 8.15.